The van der Waals surface area contributed by atoms with E-state index in [1.165, 1.54) is 0 Å². The van der Waals surface area contributed by atoms with Crippen molar-refractivity contribution < 1.29 is 4.79 Å². The van der Waals surface area contributed by atoms with Crippen LogP contribution in [-0.2, 0) is 6.54 Å². The van der Waals surface area contributed by atoms with Crippen molar-refractivity contribution in [2.75, 3.05) is 6.54 Å². The minimum absolute atomic E-state index is 0.182. The molecule has 2 rings (SSSR count). The Morgan fingerprint density at radius 2 is 2.35 bits per heavy atom. The summed E-state index contributed by atoms with van der Waals surface area (Å²) < 4.78 is 3.71. The van der Waals surface area contributed by atoms with Gasteiger partial charge < -0.3 is 10.6 Å². The van der Waals surface area contributed by atoms with Crippen molar-refractivity contribution in [3.8, 4) is 0 Å². The van der Waals surface area contributed by atoms with Crippen LogP contribution in [0.1, 0.15) is 22.5 Å². The van der Waals surface area contributed by atoms with Gasteiger partial charge >= 0.3 is 0 Å². The van der Waals surface area contributed by atoms with Gasteiger partial charge in [-0.3, -0.25) is 9.78 Å². The van der Waals surface area contributed by atoms with Gasteiger partial charge in [-0.05, 0) is 23.2 Å². The molecule has 0 saturated heterocycles. The Bertz CT molecular complexity index is 573. The van der Waals surface area contributed by atoms with E-state index in [9.17, 15) is 4.79 Å². The van der Waals surface area contributed by atoms with Gasteiger partial charge in [0.2, 0.25) is 0 Å². The van der Waals surface area contributed by atoms with E-state index in [0.29, 0.717) is 30.2 Å². The zero-order valence-electron chi connectivity index (χ0n) is 10.6. The van der Waals surface area contributed by atoms with Crippen LogP contribution in [-0.4, -0.2) is 36.9 Å². The van der Waals surface area contributed by atoms with Crippen molar-refractivity contribution in [2.45, 2.75) is 13.0 Å². The molecule has 0 aromatic carbocycles. The minimum Gasteiger partial charge on any atom is -0.393 e. The van der Waals surface area contributed by atoms with Crippen molar-refractivity contribution >= 4 is 34.6 Å². The Morgan fingerprint density at radius 3 is 2.95 bits per heavy atom. The highest BCUT2D eigenvalue weighted by Gasteiger charge is 2.18. The predicted octanol–water partition coefficient (Wildman–Crippen LogP) is 1.25. The van der Waals surface area contributed by atoms with Crippen LogP contribution in [0, 0.1) is 0 Å². The molecule has 20 heavy (non-hydrogen) atoms. The van der Waals surface area contributed by atoms with Crippen molar-refractivity contribution in [3.63, 3.8) is 0 Å². The summed E-state index contributed by atoms with van der Waals surface area (Å²) in [5.74, 6) is -0.182. The summed E-state index contributed by atoms with van der Waals surface area (Å²) in [5, 5.41) is 5.43. The van der Waals surface area contributed by atoms with Crippen LogP contribution in [0.4, 0.5) is 0 Å². The van der Waals surface area contributed by atoms with E-state index >= 15 is 0 Å². The quantitative estimate of drug-likeness (QED) is 0.809. The molecule has 0 radical (unpaired) electrons. The average Bonchev–Trinajstić information content (AvgIpc) is 2.97. The highest BCUT2D eigenvalue weighted by molar-refractivity contribution is 7.80. The maximum atomic E-state index is 12.3. The number of aromatic nitrogens is 3. The maximum Gasteiger partial charge on any atom is 0.275 e. The Hall–Kier alpha value is -1.93. The summed E-state index contributed by atoms with van der Waals surface area (Å²) in [7, 11) is 0. The smallest absolute Gasteiger partial charge is 0.275 e. The molecule has 0 aliphatic rings. The van der Waals surface area contributed by atoms with Crippen molar-refractivity contribution in [1.29, 1.82) is 0 Å². The molecular formula is C12H13N5OS2. The number of carbonyl (C=O) groups is 1. The average molecular weight is 307 g/mol. The van der Waals surface area contributed by atoms with E-state index in [0.717, 1.165) is 17.1 Å². The van der Waals surface area contributed by atoms with Crippen molar-refractivity contribution in [1.82, 2.24) is 19.5 Å². The second-order valence-electron chi connectivity index (χ2n) is 4.09. The Balaban J connectivity index is 2.12. The monoisotopic (exact) mass is 307 g/mol. The molecule has 0 saturated carbocycles. The number of carbonyl (C=O) groups excluding carboxylic acids is 1. The number of nitrogens with zero attached hydrogens (tertiary/aromatic N) is 4. The number of nitrogens with two attached hydrogens (primary N) is 1. The van der Waals surface area contributed by atoms with Gasteiger partial charge in [-0.25, -0.2) is 0 Å². The number of amides is 1. The number of hydrogen-bond acceptors (Lipinski definition) is 6. The molecule has 2 N–H and O–H groups in total. The highest BCUT2D eigenvalue weighted by atomic mass is 32.1. The normalized spacial score (nSPS) is 10.2. The summed E-state index contributed by atoms with van der Waals surface area (Å²) in [6.45, 7) is 0.882. The molecule has 0 unspecified atom stereocenters. The lowest BCUT2D eigenvalue weighted by Crippen LogP contribution is -2.33. The van der Waals surface area contributed by atoms with Gasteiger partial charge in [0.05, 0.1) is 4.99 Å². The van der Waals surface area contributed by atoms with Gasteiger partial charge in [-0.2, -0.15) is 0 Å². The second-order valence-corrected chi connectivity index (χ2v) is 5.23. The van der Waals surface area contributed by atoms with E-state index in [2.05, 4.69) is 14.6 Å². The summed E-state index contributed by atoms with van der Waals surface area (Å²) in [6.07, 6.45) is 3.88. The van der Waals surface area contributed by atoms with Gasteiger partial charge in [0, 0.05) is 37.3 Å². The van der Waals surface area contributed by atoms with Gasteiger partial charge in [-0.1, -0.05) is 22.8 Å². The highest BCUT2D eigenvalue weighted by Crippen LogP contribution is 2.09. The minimum atomic E-state index is -0.182. The fourth-order valence-electron chi connectivity index (χ4n) is 1.63. The summed E-state index contributed by atoms with van der Waals surface area (Å²) in [4.78, 5) is 18.4. The fourth-order valence-corrected chi connectivity index (χ4v) is 2.15. The molecule has 0 aliphatic carbocycles. The largest absolute Gasteiger partial charge is 0.393 e. The topological polar surface area (TPSA) is 85.0 Å². The van der Waals surface area contributed by atoms with Crippen LogP contribution < -0.4 is 5.73 Å². The van der Waals surface area contributed by atoms with Crippen LogP contribution in [0.15, 0.2) is 29.9 Å². The van der Waals surface area contributed by atoms with Gasteiger partial charge in [0.15, 0.2) is 5.69 Å². The fraction of sp³-hybridized carbons (Fsp3) is 0.250. The van der Waals surface area contributed by atoms with Crippen LogP contribution in [0.5, 0.6) is 0 Å². The lowest BCUT2D eigenvalue weighted by molar-refractivity contribution is 0.0742. The second kappa shape index (κ2) is 7.01. The molecule has 104 valence electrons. The van der Waals surface area contributed by atoms with Crippen LogP contribution in [0.25, 0.3) is 0 Å². The number of pyridine rings is 1. The van der Waals surface area contributed by atoms with Gasteiger partial charge in [0.25, 0.3) is 5.91 Å². The number of hydrogen-bond donors (Lipinski definition) is 1. The van der Waals surface area contributed by atoms with E-state index in [-0.39, 0.29) is 5.91 Å². The number of rotatable bonds is 6. The molecule has 2 aromatic rings. The molecule has 0 spiro atoms. The third-order valence-electron chi connectivity index (χ3n) is 2.59. The molecule has 2 heterocycles. The molecule has 0 atom stereocenters. The molecule has 0 bridgehead atoms. The van der Waals surface area contributed by atoms with Crippen molar-refractivity contribution in [2.24, 2.45) is 5.73 Å². The zero-order valence-corrected chi connectivity index (χ0v) is 12.2. The zero-order chi connectivity index (χ0) is 14.4. The first-order chi connectivity index (χ1) is 9.66. The summed E-state index contributed by atoms with van der Waals surface area (Å²) in [5.41, 5.74) is 6.78. The Kier molecular flexibility index (Phi) is 5.08. The molecule has 2 aromatic heterocycles. The van der Waals surface area contributed by atoms with Crippen LogP contribution in [0.2, 0.25) is 0 Å². The molecule has 0 aliphatic heterocycles. The van der Waals surface area contributed by atoms with E-state index in [4.69, 9.17) is 18.0 Å². The molecular weight excluding hydrogens is 294 g/mol. The van der Waals surface area contributed by atoms with Crippen LogP contribution >= 0.6 is 23.8 Å². The Morgan fingerprint density at radius 1 is 1.50 bits per heavy atom. The van der Waals surface area contributed by atoms with E-state index in [1.54, 1.807) is 22.7 Å². The van der Waals surface area contributed by atoms with Gasteiger partial charge in [0.1, 0.15) is 0 Å². The lowest BCUT2D eigenvalue weighted by atomic mass is 10.2. The first-order valence-electron chi connectivity index (χ1n) is 5.90. The van der Waals surface area contributed by atoms with Crippen molar-refractivity contribution in [3.05, 3.63) is 41.2 Å². The lowest BCUT2D eigenvalue weighted by Gasteiger charge is -2.21. The first kappa shape index (κ1) is 14.5. The SMILES string of the molecule is NC(=S)CCN(Cc1cccnc1)C(=O)c1csnn1. The molecule has 0 fully saturated rings. The van der Waals surface area contributed by atoms with Crippen LogP contribution in [0.3, 0.4) is 0 Å². The summed E-state index contributed by atoms with van der Waals surface area (Å²) >= 11 is 6.01. The maximum absolute atomic E-state index is 12.3. The Labute approximate surface area is 125 Å². The molecule has 8 heteroatoms. The van der Waals surface area contributed by atoms with Gasteiger partial charge in [-0.15, -0.1) is 5.10 Å². The summed E-state index contributed by atoms with van der Waals surface area (Å²) in [6, 6.07) is 3.74. The van der Waals surface area contributed by atoms with E-state index < -0.39 is 0 Å². The third kappa shape index (κ3) is 4.04. The predicted molar refractivity (Wildman–Crippen MR) is 80.3 cm³/mol. The first-order valence-corrected chi connectivity index (χ1v) is 7.15. The molecule has 1 amide bonds. The number of thiocarbonyl (C=S) groups is 1. The molecule has 6 nitrogen and oxygen atoms in total. The van der Waals surface area contributed by atoms with E-state index in [1.807, 2.05) is 12.1 Å². The standard InChI is InChI=1S/C12H13N5OS2/c13-11(19)3-5-17(7-9-2-1-4-14-6-9)12(18)10-8-20-16-15-10/h1-2,4,6,8H,3,5,7H2,(H2,13,19). The third-order valence-corrected chi connectivity index (χ3v) is 3.30.